The highest BCUT2D eigenvalue weighted by molar-refractivity contribution is 5.57. The molecule has 1 aliphatic heterocycles. The average molecular weight is 158 g/mol. The van der Waals surface area contributed by atoms with Gasteiger partial charge in [0.15, 0.2) is 0 Å². The predicted molar refractivity (Wildman–Crippen MR) is 36.7 cm³/mol. The van der Waals surface area contributed by atoms with Crippen molar-refractivity contribution in [2.24, 2.45) is 5.92 Å². The quantitative estimate of drug-likeness (QED) is 0.509. The number of hydrogen-bond donors (Lipinski definition) is 2. The maximum atomic E-state index is 10.3. The summed E-state index contributed by atoms with van der Waals surface area (Å²) < 4.78 is 4.83. The smallest absolute Gasteiger partial charge is 0.147 e. The first-order valence-corrected chi connectivity index (χ1v) is 3.36. The predicted octanol–water partition coefficient (Wildman–Crippen LogP) is -0.933. The van der Waals surface area contributed by atoms with Gasteiger partial charge in [-0.05, 0) is 6.08 Å². The summed E-state index contributed by atoms with van der Waals surface area (Å²) >= 11 is 0. The van der Waals surface area contributed by atoms with Crippen molar-refractivity contribution in [1.29, 1.82) is 0 Å². The Morgan fingerprint density at radius 2 is 2.36 bits per heavy atom. The molecule has 62 valence electrons. The molecule has 0 saturated carbocycles. The van der Waals surface area contributed by atoms with Crippen LogP contribution in [0.2, 0.25) is 0 Å². The Morgan fingerprint density at radius 1 is 1.64 bits per heavy atom. The van der Waals surface area contributed by atoms with Crippen molar-refractivity contribution in [2.75, 3.05) is 6.61 Å². The lowest BCUT2D eigenvalue weighted by molar-refractivity contribution is -0.118. The SMILES string of the molecule is O=C[C@@H]1C=CO[C@H](CO)[C@@H]1O. The van der Waals surface area contributed by atoms with Crippen molar-refractivity contribution < 1.29 is 19.7 Å². The fourth-order valence-electron chi connectivity index (χ4n) is 0.956. The van der Waals surface area contributed by atoms with Crippen LogP contribution >= 0.6 is 0 Å². The third-order valence-electron chi connectivity index (χ3n) is 1.67. The molecule has 0 aromatic carbocycles. The zero-order valence-electron chi connectivity index (χ0n) is 5.88. The van der Waals surface area contributed by atoms with Crippen LogP contribution in [0.5, 0.6) is 0 Å². The Balaban J connectivity index is 2.64. The van der Waals surface area contributed by atoms with Crippen molar-refractivity contribution >= 4 is 6.29 Å². The monoisotopic (exact) mass is 158 g/mol. The van der Waals surface area contributed by atoms with Gasteiger partial charge in [-0.2, -0.15) is 0 Å². The number of ether oxygens (including phenoxy) is 1. The molecule has 1 heterocycles. The highest BCUT2D eigenvalue weighted by Gasteiger charge is 2.29. The van der Waals surface area contributed by atoms with E-state index in [1.807, 2.05) is 0 Å². The molecule has 0 aromatic heterocycles. The van der Waals surface area contributed by atoms with Crippen LogP contribution in [0.4, 0.5) is 0 Å². The number of rotatable bonds is 2. The van der Waals surface area contributed by atoms with Gasteiger partial charge < -0.3 is 19.7 Å². The van der Waals surface area contributed by atoms with Crippen LogP contribution in [-0.2, 0) is 9.53 Å². The van der Waals surface area contributed by atoms with Gasteiger partial charge in [0.25, 0.3) is 0 Å². The molecule has 0 unspecified atom stereocenters. The normalized spacial score (nSPS) is 36.4. The number of aldehydes is 1. The van der Waals surface area contributed by atoms with Crippen LogP contribution in [0.3, 0.4) is 0 Å². The summed E-state index contributed by atoms with van der Waals surface area (Å²) in [7, 11) is 0. The van der Waals surface area contributed by atoms with Crippen LogP contribution in [0.25, 0.3) is 0 Å². The second-order valence-electron chi connectivity index (χ2n) is 2.39. The van der Waals surface area contributed by atoms with Gasteiger partial charge in [0.2, 0.25) is 0 Å². The van der Waals surface area contributed by atoms with Crippen molar-refractivity contribution in [1.82, 2.24) is 0 Å². The van der Waals surface area contributed by atoms with E-state index >= 15 is 0 Å². The zero-order valence-corrected chi connectivity index (χ0v) is 5.88. The van der Waals surface area contributed by atoms with Gasteiger partial charge in [-0.15, -0.1) is 0 Å². The molecule has 4 nitrogen and oxygen atoms in total. The minimum atomic E-state index is -0.928. The maximum Gasteiger partial charge on any atom is 0.147 e. The Kier molecular flexibility index (Phi) is 2.62. The third kappa shape index (κ3) is 1.58. The van der Waals surface area contributed by atoms with Crippen LogP contribution in [0.15, 0.2) is 12.3 Å². The summed E-state index contributed by atoms with van der Waals surface area (Å²) in [5.41, 5.74) is 0. The Hall–Kier alpha value is -0.870. The third-order valence-corrected chi connectivity index (χ3v) is 1.67. The lowest BCUT2D eigenvalue weighted by atomic mass is 9.98. The second-order valence-corrected chi connectivity index (χ2v) is 2.39. The Bertz CT molecular complexity index is 166. The van der Waals surface area contributed by atoms with E-state index in [0.717, 1.165) is 0 Å². The first-order valence-electron chi connectivity index (χ1n) is 3.36. The van der Waals surface area contributed by atoms with Gasteiger partial charge in [0.1, 0.15) is 18.5 Å². The molecule has 0 amide bonds. The van der Waals surface area contributed by atoms with E-state index in [0.29, 0.717) is 6.29 Å². The molecule has 0 fully saturated rings. The molecular formula is C7H10O4. The van der Waals surface area contributed by atoms with Gasteiger partial charge in [0.05, 0.1) is 18.8 Å². The van der Waals surface area contributed by atoms with Crippen molar-refractivity contribution in [3.8, 4) is 0 Å². The highest BCUT2D eigenvalue weighted by Crippen LogP contribution is 2.15. The van der Waals surface area contributed by atoms with E-state index in [1.165, 1.54) is 12.3 Å². The van der Waals surface area contributed by atoms with Gasteiger partial charge in [0, 0.05) is 0 Å². The topological polar surface area (TPSA) is 66.8 Å². The average Bonchev–Trinajstić information content (AvgIpc) is 2.05. The van der Waals surface area contributed by atoms with Gasteiger partial charge >= 0.3 is 0 Å². The number of carbonyl (C=O) groups excluding carboxylic acids is 1. The molecule has 1 rings (SSSR count). The van der Waals surface area contributed by atoms with Crippen LogP contribution in [0.1, 0.15) is 0 Å². The standard InChI is InChI=1S/C7H10O4/c8-3-5-1-2-11-6(4-9)7(5)10/h1-3,5-7,9-10H,4H2/t5-,6+,7+/m0/s1. The van der Waals surface area contributed by atoms with Crippen LogP contribution in [0, 0.1) is 5.92 Å². The van der Waals surface area contributed by atoms with E-state index in [-0.39, 0.29) is 6.61 Å². The number of hydrogen-bond acceptors (Lipinski definition) is 4. The number of aliphatic hydroxyl groups excluding tert-OH is 2. The molecule has 11 heavy (non-hydrogen) atoms. The molecule has 0 aromatic rings. The fourth-order valence-corrected chi connectivity index (χ4v) is 0.956. The van der Waals surface area contributed by atoms with Crippen molar-refractivity contribution in [3.63, 3.8) is 0 Å². The molecule has 0 saturated heterocycles. The van der Waals surface area contributed by atoms with E-state index in [1.54, 1.807) is 0 Å². The fraction of sp³-hybridized carbons (Fsp3) is 0.571. The maximum absolute atomic E-state index is 10.3. The highest BCUT2D eigenvalue weighted by atomic mass is 16.5. The number of carbonyl (C=O) groups is 1. The molecule has 0 spiro atoms. The van der Waals surface area contributed by atoms with Crippen molar-refractivity contribution in [3.05, 3.63) is 12.3 Å². The molecule has 2 N–H and O–H groups in total. The molecule has 0 radical (unpaired) electrons. The molecule has 0 aliphatic carbocycles. The van der Waals surface area contributed by atoms with E-state index in [2.05, 4.69) is 0 Å². The van der Waals surface area contributed by atoms with Gasteiger partial charge in [-0.3, -0.25) is 0 Å². The minimum absolute atomic E-state index is 0.282. The summed E-state index contributed by atoms with van der Waals surface area (Å²) in [4.78, 5) is 10.3. The lowest BCUT2D eigenvalue weighted by Gasteiger charge is -2.26. The first-order chi connectivity index (χ1) is 5.29. The van der Waals surface area contributed by atoms with Gasteiger partial charge in [-0.25, -0.2) is 0 Å². The van der Waals surface area contributed by atoms with Crippen LogP contribution in [-0.4, -0.2) is 35.3 Å². The first kappa shape index (κ1) is 8.23. The Morgan fingerprint density at radius 3 is 2.91 bits per heavy atom. The van der Waals surface area contributed by atoms with Crippen LogP contribution < -0.4 is 0 Å². The number of aliphatic hydroxyl groups is 2. The minimum Gasteiger partial charge on any atom is -0.493 e. The molecule has 3 atom stereocenters. The van der Waals surface area contributed by atoms with E-state index in [9.17, 15) is 9.90 Å². The van der Waals surface area contributed by atoms with Gasteiger partial charge in [-0.1, -0.05) is 0 Å². The van der Waals surface area contributed by atoms with E-state index < -0.39 is 18.1 Å². The van der Waals surface area contributed by atoms with E-state index in [4.69, 9.17) is 9.84 Å². The second kappa shape index (κ2) is 3.50. The summed E-state index contributed by atoms with van der Waals surface area (Å²) in [5, 5.41) is 17.9. The zero-order chi connectivity index (χ0) is 8.27. The summed E-state index contributed by atoms with van der Waals surface area (Å²) in [6.45, 7) is -0.282. The lowest BCUT2D eigenvalue weighted by Crippen LogP contribution is -2.39. The molecule has 1 aliphatic rings. The summed E-state index contributed by atoms with van der Waals surface area (Å²) in [6, 6.07) is 0. The Labute approximate surface area is 64.1 Å². The largest absolute Gasteiger partial charge is 0.493 e. The molecular weight excluding hydrogens is 148 g/mol. The van der Waals surface area contributed by atoms with Crippen molar-refractivity contribution in [2.45, 2.75) is 12.2 Å². The molecule has 4 heteroatoms. The molecule has 0 bridgehead atoms. The summed E-state index contributed by atoms with van der Waals surface area (Å²) in [5.74, 6) is -0.555. The summed E-state index contributed by atoms with van der Waals surface area (Å²) in [6.07, 6.45) is 1.82.